The highest BCUT2D eigenvalue weighted by molar-refractivity contribution is 5.68. The lowest BCUT2D eigenvalue weighted by Crippen LogP contribution is -2.48. The molecule has 1 aliphatic heterocycles. The van der Waals surface area contributed by atoms with Crippen molar-refractivity contribution in [3.05, 3.63) is 17.8 Å². The van der Waals surface area contributed by atoms with Crippen LogP contribution in [0.4, 0.5) is 4.79 Å². The minimum Gasteiger partial charge on any atom is -0.445 e. The largest absolute Gasteiger partial charge is 0.445 e. The van der Waals surface area contributed by atoms with Gasteiger partial charge in [-0.2, -0.15) is 0 Å². The Labute approximate surface area is 125 Å². The van der Waals surface area contributed by atoms with Gasteiger partial charge in [-0.05, 0) is 47.1 Å². The third kappa shape index (κ3) is 5.38. The molecule has 2 heterocycles. The SMILES string of the molecule is Cc1cnc(CN2CCC[C@@H](NC(=O)OC(C)(C)C)C2)o1. The zero-order chi connectivity index (χ0) is 15.5. The molecular formula is C15H25N3O3. The van der Waals surface area contributed by atoms with E-state index >= 15 is 0 Å². The van der Waals surface area contributed by atoms with Gasteiger partial charge in [-0.3, -0.25) is 4.90 Å². The lowest BCUT2D eigenvalue weighted by Gasteiger charge is -2.32. The Morgan fingerprint density at radius 1 is 1.57 bits per heavy atom. The molecule has 0 unspecified atom stereocenters. The van der Waals surface area contributed by atoms with Gasteiger partial charge in [0.2, 0.25) is 5.89 Å². The summed E-state index contributed by atoms with van der Waals surface area (Å²) in [7, 11) is 0. The van der Waals surface area contributed by atoms with E-state index < -0.39 is 5.60 Å². The highest BCUT2D eigenvalue weighted by atomic mass is 16.6. The molecule has 1 aromatic rings. The fourth-order valence-electron chi connectivity index (χ4n) is 2.46. The maximum Gasteiger partial charge on any atom is 0.407 e. The number of carbonyl (C=O) groups is 1. The van der Waals surface area contributed by atoms with Crippen LogP contribution in [0.1, 0.15) is 45.3 Å². The number of oxazole rings is 1. The topological polar surface area (TPSA) is 67.6 Å². The predicted molar refractivity (Wildman–Crippen MR) is 78.9 cm³/mol. The molecule has 1 amide bonds. The summed E-state index contributed by atoms with van der Waals surface area (Å²) in [5.41, 5.74) is -0.464. The highest BCUT2D eigenvalue weighted by Gasteiger charge is 2.24. The summed E-state index contributed by atoms with van der Waals surface area (Å²) in [5, 5.41) is 2.94. The molecule has 1 aliphatic rings. The van der Waals surface area contributed by atoms with Crippen molar-refractivity contribution >= 4 is 6.09 Å². The van der Waals surface area contributed by atoms with E-state index in [0.717, 1.165) is 37.6 Å². The summed E-state index contributed by atoms with van der Waals surface area (Å²) < 4.78 is 10.8. The Balaban J connectivity index is 1.82. The number of amides is 1. The lowest BCUT2D eigenvalue weighted by atomic mass is 10.1. The van der Waals surface area contributed by atoms with Gasteiger partial charge in [0.15, 0.2) is 0 Å². The van der Waals surface area contributed by atoms with Crippen molar-refractivity contribution in [2.24, 2.45) is 0 Å². The molecule has 0 aliphatic carbocycles. The number of carbonyl (C=O) groups excluding carboxylic acids is 1. The molecule has 1 aromatic heterocycles. The van der Waals surface area contributed by atoms with Crippen molar-refractivity contribution in [1.82, 2.24) is 15.2 Å². The molecule has 21 heavy (non-hydrogen) atoms. The first-order chi connectivity index (χ1) is 9.82. The smallest absolute Gasteiger partial charge is 0.407 e. The molecule has 0 saturated carbocycles. The second-order valence-electron chi connectivity index (χ2n) is 6.59. The van der Waals surface area contributed by atoms with Crippen molar-refractivity contribution < 1.29 is 13.9 Å². The molecule has 0 radical (unpaired) electrons. The van der Waals surface area contributed by atoms with Crippen LogP contribution >= 0.6 is 0 Å². The average Bonchev–Trinajstić information content (AvgIpc) is 2.72. The van der Waals surface area contributed by atoms with Gasteiger partial charge in [-0.15, -0.1) is 0 Å². The van der Waals surface area contributed by atoms with E-state index in [9.17, 15) is 4.79 Å². The number of alkyl carbamates (subject to hydrolysis) is 1. The molecular weight excluding hydrogens is 270 g/mol. The number of nitrogens with zero attached hydrogens (tertiary/aromatic N) is 2. The Hall–Kier alpha value is -1.56. The maximum absolute atomic E-state index is 11.8. The fourth-order valence-corrected chi connectivity index (χ4v) is 2.46. The van der Waals surface area contributed by atoms with Gasteiger partial charge in [0.05, 0.1) is 12.7 Å². The Kier molecular flexibility index (Phi) is 4.88. The first-order valence-electron chi connectivity index (χ1n) is 7.45. The van der Waals surface area contributed by atoms with Crippen LogP contribution in [-0.4, -0.2) is 40.7 Å². The second-order valence-corrected chi connectivity index (χ2v) is 6.59. The summed E-state index contributed by atoms with van der Waals surface area (Å²) >= 11 is 0. The zero-order valence-corrected chi connectivity index (χ0v) is 13.3. The zero-order valence-electron chi connectivity index (χ0n) is 13.3. The van der Waals surface area contributed by atoms with Crippen LogP contribution in [0.5, 0.6) is 0 Å². The van der Waals surface area contributed by atoms with Crippen LogP contribution in [0.25, 0.3) is 0 Å². The number of rotatable bonds is 3. The lowest BCUT2D eigenvalue weighted by molar-refractivity contribution is 0.0468. The van der Waals surface area contributed by atoms with E-state index in [2.05, 4.69) is 15.2 Å². The van der Waals surface area contributed by atoms with E-state index in [0.29, 0.717) is 6.54 Å². The third-order valence-corrected chi connectivity index (χ3v) is 3.25. The van der Waals surface area contributed by atoms with E-state index in [1.807, 2.05) is 27.7 Å². The van der Waals surface area contributed by atoms with E-state index in [1.165, 1.54) is 0 Å². The second kappa shape index (κ2) is 6.47. The quantitative estimate of drug-likeness (QED) is 0.928. The van der Waals surface area contributed by atoms with Crippen LogP contribution in [0.15, 0.2) is 10.6 Å². The average molecular weight is 295 g/mol. The molecule has 118 valence electrons. The number of aryl methyl sites for hydroxylation is 1. The van der Waals surface area contributed by atoms with Crippen LogP contribution in [0.3, 0.4) is 0 Å². The van der Waals surface area contributed by atoms with Crippen molar-refractivity contribution in [2.45, 2.75) is 58.7 Å². The summed E-state index contributed by atoms with van der Waals surface area (Å²) in [6.45, 7) is 9.95. The number of nitrogens with one attached hydrogen (secondary N) is 1. The Morgan fingerprint density at radius 3 is 2.95 bits per heavy atom. The Morgan fingerprint density at radius 2 is 2.33 bits per heavy atom. The summed E-state index contributed by atoms with van der Waals surface area (Å²) in [6, 6.07) is 0.115. The van der Waals surface area contributed by atoms with Crippen LogP contribution in [0, 0.1) is 6.92 Å². The molecule has 1 atom stereocenters. The molecule has 2 rings (SSSR count). The maximum atomic E-state index is 11.8. The summed E-state index contributed by atoms with van der Waals surface area (Å²) in [6.07, 6.45) is 3.40. The number of likely N-dealkylation sites (tertiary alicyclic amines) is 1. The van der Waals surface area contributed by atoms with Crippen LogP contribution in [-0.2, 0) is 11.3 Å². The molecule has 0 spiro atoms. The van der Waals surface area contributed by atoms with E-state index in [1.54, 1.807) is 6.20 Å². The van der Waals surface area contributed by atoms with E-state index in [4.69, 9.17) is 9.15 Å². The molecule has 6 heteroatoms. The van der Waals surface area contributed by atoms with E-state index in [-0.39, 0.29) is 12.1 Å². The van der Waals surface area contributed by atoms with Gasteiger partial charge < -0.3 is 14.5 Å². The van der Waals surface area contributed by atoms with Gasteiger partial charge in [-0.1, -0.05) is 0 Å². The number of hydrogen-bond donors (Lipinski definition) is 1. The fraction of sp³-hybridized carbons (Fsp3) is 0.733. The minimum atomic E-state index is -0.464. The molecule has 0 bridgehead atoms. The van der Waals surface area contributed by atoms with Crippen LogP contribution < -0.4 is 5.32 Å². The molecule has 1 saturated heterocycles. The minimum absolute atomic E-state index is 0.115. The standard InChI is InChI=1S/C15H25N3O3/c1-11-8-16-13(20-11)10-18-7-5-6-12(9-18)17-14(19)21-15(2,3)4/h8,12H,5-7,9-10H2,1-4H3,(H,17,19)/t12-/m1/s1. The summed E-state index contributed by atoms with van der Waals surface area (Å²) in [5.74, 6) is 1.55. The first-order valence-corrected chi connectivity index (χ1v) is 7.45. The van der Waals surface area contributed by atoms with Gasteiger partial charge >= 0.3 is 6.09 Å². The first kappa shape index (κ1) is 15.8. The van der Waals surface area contributed by atoms with Gasteiger partial charge in [0, 0.05) is 12.6 Å². The normalized spacial score (nSPS) is 20.3. The van der Waals surface area contributed by atoms with Gasteiger partial charge in [0.1, 0.15) is 11.4 Å². The summed E-state index contributed by atoms with van der Waals surface area (Å²) in [4.78, 5) is 18.3. The number of piperidine rings is 1. The number of hydrogen-bond acceptors (Lipinski definition) is 5. The third-order valence-electron chi connectivity index (χ3n) is 3.25. The van der Waals surface area contributed by atoms with Gasteiger partial charge in [-0.25, -0.2) is 9.78 Å². The molecule has 0 aromatic carbocycles. The monoisotopic (exact) mass is 295 g/mol. The van der Waals surface area contributed by atoms with Crippen molar-refractivity contribution in [3.8, 4) is 0 Å². The highest BCUT2D eigenvalue weighted by Crippen LogP contribution is 2.15. The van der Waals surface area contributed by atoms with Crippen LogP contribution in [0.2, 0.25) is 0 Å². The van der Waals surface area contributed by atoms with Crippen molar-refractivity contribution in [2.75, 3.05) is 13.1 Å². The Bertz CT molecular complexity index is 479. The molecule has 6 nitrogen and oxygen atoms in total. The number of aromatic nitrogens is 1. The van der Waals surface area contributed by atoms with Gasteiger partial charge in [0.25, 0.3) is 0 Å². The van der Waals surface area contributed by atoms with Crippen molar-refractivity contribution in [1.29, 1.82) is 0 Å². The molecule has 1 fully saturated rings. The number of ether oxygens (including phenoxy) is 1. The van der Waals surface area contributed by atoms with Crippen molar-refractivity contribution in [3.63, 3.8) is 0 Å². The predicted octanol–water partition coefficient (Wildman–Crippen LogP) is 2.47. The molecule has 1 N–H and O–H groups in total.